The molecule has 1 N–H and O–H groups in total. The van der Waals surface area contributed by atoms with Gasteiger partial charge >= 0.3 is 0 Å². The quantitative estimate of drug-likeness (QED) is 0.342. The van der Waals surface area contributed by atoms with Gasteiger partial charge in [-0.3, -0.25) is 4.79 Å². The summed E-state index contributed by atoms with van der Waals surface area (Å²) in [7, 11) is 0. The molecule has 0 aliphatic rings. The van der Waals surface area contributed by atoms with Gasteiger partial charge in [-0.25, -0.2) is 0 Å². The normalized spacial score (nSPS) is 11.0. The molecule has 0 aliphatic heterocycles. The van der Waals surface area contributed by atoms with Crippen LogP contribution in [0.3, 0.4) is 0 Å². The maximum atomic E-state index is 12.9. The molecule has 0 amide bonds. The molecule has 0 spiro atoms. The van der Waals surface area contributed by atoms with Crippen LogP contribution in [-0.4, -0.2) is 4.98 Å². The molecule has 2 nitrogen and oxygen atoms in total. The summed E-state index contributed by atoms with van der Waals surface area (Å²) in [5.74, 6) is 0. The minimum atomic E-state index is -0.0537. The van der Waals surface area contributed by atoms with E-state index in [0.717, 1.165) is 49.8 Å². The Balaban J connectivity index is 1.75. The van der Waals surface area contributed by atoms with Gasteiger partial charge in [-0.1, -0.05) is 66.7 Å². The lowest BCUT2D eigenvalue weighted by atomic mass is 9.94. The Hall–Kier alpha value is -3.91. The number of H-pyrrole nitrogens is 1. The van der Waals surface area contributed by atoms with Crippen molar-refractivity contribution in [2.45, 2.75) is 13.8 Å². The maximum Gasteiger partial charge on any atom is 0.256 e. The Kier molecular flexibility index (Phi) is 4.76. The lowest BCUT2D eigenvalue weighted by molar-refractivity contribution is 1.26. The fourth-order valence-corrected chi connectivity index (χ4v) is 4.07. The van der Waals surface area contributed by atoms with E-state index in [0.29, 0.717) is 0 Å². The molecular weight excluding hydrogens is 378 g/mol. The molecule has 0 saturated heterocycles. The van der Waals surface area contributed by atoms with Crippen molar-refractivity contribution in [2.24, 2.45) is 0 Å². The topological polar surface area (TPSA) is 32.9 Å². The second-order valence-corrected chi connectivity index (χ2v) is 8.07. The van der Waals surface area contributed by atoms with Crippen molar-refractivity contribution < 1.29 is 0 Å². The second-order valence-electron chi connectivity index (χ2n) is 8.07. The molecule has 0 atom stereocenters. The fraction of sp³-hybridized carbons (Fsp3) is 0.0690. The van der Waals surface area contributed by atoms with E-state index in [9.17, 15) is 4.79 Å². The maximum absolute atomic E-state index is 12.9. The Morgan fingerprint density at radius 1 is 0.548 bits per heavy atom. The summed E-state index contributed by atoms with van der Waals surface area (Å²) < 4.78 is 0. The predicted molar refractivity (Wildman–Crippen MR) is 130 cm³/mol. The van der Waals surface area contributed by atoms with Crippen molar-refractivity contribution >= 4 is 10.8 Å². The molecule has 5 aromatic rings. The molecule has 0 unspecified atom stereocenters. The van der Waals surface area contributed by atoms with Crippen molar-refractivity contribution in [3.05, 3.63) is 119 Å². The van der Waals surface area contributed by atoms with Crippen LogP contribution in [0.1, 0.15) is 11.1 Å². The van der Waals surface area contributed by atoms with Gasteiger partial charge in [0.05, 0.1) is 0 Å². The lowest BCUT2D eigenvalue weighted by Gasteiger charge is -2.12. The number of aryl methyl sites for hydroxylation is 2. The Bertz CT molecular complexity index is 1390. The second kappa shape index (κ2) is 7.73. The third-order valence-electron chi connectivity index (χ3n) is 5.92. The van der Waals surface area contributed by atoms with Crippen LogP contribution < -0.4 is 5.56 Å². The number of fused-ring (bicyclic) bond motifs is 1. The third kappa shape index (κ3) is 3.69. The molecule has 0 saturated carbocycles. The Morgan fingerprint density at radius 2 is 1.06 bits per heavy atom. The van der Waals surface area contributed by atoms with Gasteiger partial charge < -0.3 is 4.98 Å². The zero-order valence-electron chi connectivity index (χ0n) is 17.6. The summed E-state index contributed by atoms with van der Waals surface area (Å²) in [6, 6.07) is 33.4. The van der Waals surface area contributed by atoms with E-state index in [2.05, 4.69) is 66.5 Å². The number of nitrogens with one attached hydrogen (secondary N) is 1. The molecule has 0 aliphatic carbocycles. The lowest BCUT2D eigenvalue weighted by Crippen LogP contribution is -2.08. The van der Waals surface area contributed by atoms with Gasteiger partial charge in [-0.15, -0.1) is 0 Å². The molecule has 5 rings (SSSR count). The van der Waals surface area contributed by atoms with Gasteiger partial charge in [0, 0.05) is 11.1 Å². The van der Waals surface area contributed by atoms with Crippen molar-refractivity contribution in [3.63, 3.8) is 0 Å². The van der Waals surface area contributed by atoms with Crippen LogP contribution in [0, 0.1) is 13.8 Å². The van der Waals surface area contributed by atoms with E-state index in [1.165, 1.54) is 5.56 Å². The Morgan fingerprint density at radius 3 is 1.65 bits per heavy atom. The average molecular weight is 402 g/mol. The first-order chi connectivity index (χ1) is 15.1. The summed E-state index contributed by atoms with van der Waals surface area (Å²) in [4.78, 5) is 16.0. The van der Waals surface area contributed by atoms with Gasteiger partial charge in [0.1, 0.15) is 0 Å². The van der Waals surface area contributed by atoms with E-state index in [1.54, 1.807) is 0 Å². The Labute approximate surface area is 181 Å². The number of hydrogen-bond donors (Lipinski definition) is 1. The molecule has 2 heteroatoms. The van der Waals surface area contributed by atoms with Gasteiger partial charge in [0.15, 0.2) is 0 Å². The number of aromatic amines is 1. The standard InChI is InChI=1S/C29H23NO/c1-19-13-25-18-28(30-29(31)27(25)14-20(19)2)26-16-23(21-9-5-3-6-10-21)15-24(17-26)22-11-7-4-8-12-22/h3-18H,1-2H3,(H,30,31). The molecule has 1 aromatic heterocycles. The molecule has 0 bridgehead atoms. The monoisotopic (exact) mass is 401 g/mol. The van der Waals surface area contributed by atoms with E-state index < -0.39 is 0 Å². The molecule has 1 heterocycles. The SMILES string of the molecule is Cc1cc2cc(-c3cc(-c4ccccc4)cc(-c4ccccc4)c3)[nH]c(=O)c2cc1C. The largest absolute Gasteiger partial charge is 0.321 e. The molecule has 0 radical (unpaired) electrons. The van der Waals surface area contributed by atoms with Gasteiger partial charge in [0.25, 0.3) is 5.56 Å². The van der Waals surface area contributed by atoms with Gasteiger partial charge in [0.2, 0.25) is 0 Å². The van der Waals surface area contributed by atoms with Crippen LogP contribution in [0.25, 0.3) is 44.3 Å². The number of hydrogen-bond acceptors (Lipinski definition) is 1. The molecule has 0 fully saturated rings. The van der Waals surface area contributed by atoms with E-state index in [4.69, 9.17) is 0 Å². The van der Waals surface area contributed by atoms with Crippen LogP contribution in [-0.2, 0) is 0 Å². The van der Waals surface area contributed by atoms with E-state index in [-0.39, 0.29) is 5.56 Å². The zero-order chi connectivity index (χ0) is 21.4. The van der Waals surface area contributed by atoms with Crippen LogP contribution in [0.15, 0.2) is 102 Å². The molecular formula is C29H23NO. The third-order valence-corrected chi connectivity index (χ3v) is 5.92. The zero-order valence-corrected chi connectivity index (χ0v) is 17.6. The van der Waals surface area contributed by atoms with Crippen molar-refractivity contribution in [1.29, 1.82) is 0 Å². The van der Waals surface area contributed by atoms with Crippen molar-refractivity contribution in [2.75, 3.05) is 0 Å². The smallest absolute Gasteiger partial charge is 0.256 e. The first-order valence-corrected chi connectivity index (χ1v) is 10.5. The van der Waals surface area contributed by atoms with E-state index in [1.807, 2.05) is 49.4 Å². The minimum Gasteiger partial charge on any atom is -0.321 e. The van der Waals surface area contributed by atoms with E-state index >= 15 is 0 Å². The first-order valence-electron chi connectivity index (χ1n) is 10.5. The highest BCUT2D eigenvalue weighted by Crippen LogP contribution is 2.32. The van der Waals surface area contributed by atoms with Crippen molar-refractivity contribution in [1.82, 2.24) is 4.98 Å². The highest BCUT2D eigenvalue weighted by molar-refractivity contribution is 5.88. The summed E-state index contributed by atoms with van der Waals surface area (Å²) in [5, 5.41) is 1.70. The van der Waals surface area contributed by atoms with Gasteiger partial charge in [-0.05, 0) is 88.5 Å². The summed E-state index contributed by atoms with van der Waals surface area (Å²) in [6.07, 6.45) is 0. The number of rotatable bonds is 3. The summed E-state index contributed by atoms with van der Waals surface area (Å²) in [5.41, 5.74) is 8.63. The van der Waals surface area contributed by atoms with Crippen molar-refractivity contribution in [3.8, 4) is 33.5 Å². The number of aromatic nitrogens is 1. The van der Waals surface area contributed by atoms with Crippen LogP contribution in [0.4, 0.5) is 0 Å². The minimum absolute atomic E-state index is 0.0537. The average Bonchev–Trinajstić information content (AvgIpc) is 2.81. The number of benzene rings is 4. The van der Waals surface area contributed by atoms with Gasteiger partial charge in [-0.2, -0.15) is 0 Å². The molecule has 31 heavy (non-hydrogen) atoms. The highest BCUT2D eigenvalue weighted by Gasteiger charge is 2.10. The first kappa shape index (κ1) is 19.1. The summed E-state index contributed by atoms with van der Waals surface area (Å²) >= 11 is 0. The van der Waals surface area contributed by atoms with Crippen LogP contribution in [0.2, 0.25) is 0 Å². The highest BCUT2D eigenvalue weighted by atomic mass is 16.1. The van der Waals surface area contributed by atoms with Crippen LogP contribution >= 0.6 is 0 Å². The predicted octanol–water partition coefficient (Wildman–Crippen LogP) is 7.15. The fourth-order valence-electron chi connectivity index (χ4n) is 4.07. The molecule has 150 valence electrons. The summed E-state index contributed by atoms with van der Waals surface area (Å²) in [6.45, 7) is 4.12. The number of pyridine rings is 1. The molecule has 4 aromatic carbocycles. The van der Waals surface area contributed by atoms with Crippen LogP contribution in [0.5, 0.6) is 0 Å².